The molecular weight excluding hydrogens is 529 g/mol. The Morgan fingerprint density at radius 2 is 1.57 bits per heavy atom. The first-order valence-electron chi connectivity index (χ1n) is 12.7. The minimum Gasteiger partial charge on any atom is -0.497 e. The lowest BCUT2D eigenvalue weighted by atomic mass is 10.0. The Kier molecular flexibility index (Phi) is 8.74. The molecule has 4 rings (SSSR count). The molecule has 0 fully saturated rings. The van der Waals surface area contributed by atoms with Gasteiger partial charge >= 0.3 is 0 Å². The van der Waals surface area contributed by atoms with Crippen LogP contribution in [0.2, 0.25) is 0 Å². The largest absolute Gasteiger partial charge is 0.497 e. The number of anilines is 2. The third-order valence-electron chi connectivity index (χ3n) is 6.63. The second-order valence-electron chi connectivity index (χ2n) is 9.55. The summed E-state index contributed by atoms with van der Waals surface area (Å²) in [5.74, 6) is -0.147. The minimum atomic E-state index is -3.87. The summed E-state index contributed by atoms with van der Waals surface area (Å²) in [6.45, 7) is 2.11. The van der Waals surface area contributed by atoms with Gasteiger partial charge < -0.3 is 14.5 Å². The highest BCUT2D eigenvalue weighted by Crippen LogP contribution is 2.31. The molecule has 0 aliphatic rings. The van der Waals surface area contributed by atoms with Gasteiger partial charge in [-0.2, -0.15) is 0 Å². The molecule has 0 unspecified atom stereocenters. The SMILES string of the molecule is COc1ccc(S(=O)(=O)Nc2ccc(N(C)C)c(CN(C(=O)c3ccc(F)cc3)[C@H](C)c3ccccc3)c2)cc1. The summed E-state index contributed by atoms with van der Waals surface area (Å²) in [7, 11) is 1.40. The maximum absolute atomic E-state index is 13.8. The molecule has 1 N–H and O–H groups in total. The van der Waals surface area contributed by atoms with Crippen LogP contribution in [0.15, 0.2) is 102 Å². The molecule has 0 bridgehead atoms. The van der Waals surface area contributed by atoms with E-state index in [4.69, 9.17) is 4.74 Å². The van der Waals surface area contributed by atoms with Gasteiger partial charge in [-0.1, -0.05) is 30.3 Å². The minimum absolute atomic E-state index is 0.0948. The van der Waals surface area contributed by atoms with Gasteiger partial charge in [0.05, 0.1) is 18.0 Å². The molecule has 208 valence electrons. The number of carbonyl (C=O) groups excluding carboxylic acids is 1. The van der Waals surface area contributed by atoms with Crippen LogP contribution < -0.4 is 14.4 Å². The Balaban J connectivity index is 1.71. The van der Waals surface area contributed by atoms with Crippen molar-refractivity contribution in [2.75, 3.05) is 30.8 Å². The fourth-order valence-corrected chi connectivity index (χ4v) is 5.47. The number of ether oxygens (including phenoxy) is 1. The van der Waals surface area contributed by atoms with Gasteiger partial charge in [0.25, 0.3) is 15.9 Å². The van der Waals surface area contributed by atoms with Crippen LogP contribution >= 0.6 is 0 Å². The zero-order chi connectivity index (χ0) is 28.9. The van der Waals surface area contributed by atoms with Crippen molar-refractivity contribution < 1.29 is 22.3 Å². The first kappa shape index (κ1) is 28.6. The van der Waals surface area contributed by atoms with E-state index in [9.17, 15) is 17.6 Å². The first-order chi connectivity index (χ1) is 19.1. The van der Waals surface area contributed by atoms with Gasteiger partial charge in [0, 0.05) is 37.6 Å². The Hall–Kier alpha value is -4.37. The zero-order valence-corrected chi connectivity index (χ0v) is 23.7. The number of hydrogen-bond donors (Lipinski definition) is 1. The van der Waals surface area contributed by atoms with E-state index >= 15 is 0 Å². The van der Waals surface area contributed by atoms with Gasteiger partial charge in [0.15, 0.2) is 0 Å². The van der Waals surface area contributed by atoms with Crippen molar-refractivity contribution in [2.45, 2.75) is 24.4 Å². The maximum Gasteiger partial charge on any atom is 0.261 e. The summed E-state index contributed by atoms with van der Waals surface area (Å²) >= 11 is 0. The Morgan fingerprint density at radius 3 is 2.17 bits per heavy atom. The van der Waals surface area contributed by atoms with Crippen molar-refractivity contribution >= 4 is 27.3 Å². The van der Waals surface area contributed by atoms with Crippen molar-refractivity contribution in [3.05, 3.63) is 120 Å². The molecule has 0 aliphatic carbocycles. The predicted octanol–water partition coefficient (Wildman–Crippen LogP) is 6.10. The monoisotopic (exact) mass is 561 g/mol. The summed E-state index contributed by atoms with van der Waals surface area (Å²) in [6, 6.07) is 26.1. The van der Waals surface area contributed by atoms with E-state index in [1.807, 2.05) is 62.3 Å². The molecule has 9 heteroatoms. The van der Waals surface area contributed by atoms with Crippen LogP contribution in [0, 0.1) is 5.82 Å². The van der Waals surface area contributed by atoms with Gasteiger partial charge in [0.1, 0.15) is 11.6 Å². The number of carbonyl (C=O) groups is 1. The number of sulfonamides is 1. The highest BCUT2D eigenvalue weighted by atomic mass is 32.2. The van der Waals surface area contributed by atoms with E-state index < -0.39 is 15.8 Å². The number of amides is 1. The molecular formula is C31H32FN3O4S. The fourth-order valence-electron chi connectivity index (χ4n) is 4.42. The zero-order valence-electron chi connectivity index (χ0n) is 22.8. The van der Waals surface area contributed by atoms with Gasteiger partial charge in [-0.15, -0.1) is 0 Å². The smallest absolute Gasteiger partial charge is 0.261 e. The van der Waals surface area contributed by atoms with Crippen molar-refractivity contribution in [1.29, 1.82) is 0 Å². The van der Waals surface area contributed by atoms with Crippen molar-refractivity contribution in [3.63, 3.8) is 0 Å². The number of methoxy groups -OCH3 is 1. The lowest BCUT2D eigenvalue weighted by Gasteiger charge is -2.32. The molecule has 0 radical (unpaired) electrons. The summed E-state index contributed by atoms with van der Waals surface area (Å²) in [5.41, 5.74) is 3.20. The number of hydrogen-bond acceptors (Lipinski definition) is 5. The highest BCUT2D eigenvalue weighted by Gasteiger charge is 2.25. The molecule has 40 heavy (non-hydrogen) atoms. The molecule has 1 amide bonds. The second kappa shape index (κ2) is 12.2. The quantitative estimate of drug-likeness (QED) is 0.253. The molecule has 0 saturated carbocycles. The third-order valence-corrected chi connectivity index (χ3v) is 8.02. The summed E-state index contributed by atoms with van der Waals surface area (Å²) < 4.78 is 47.6. The van der Waals surface area contributed by atoms with E-state index in [0.29, 0.717) is 17.0 Å². The van der Waals surface area contributed by atoms with E-state index in [1.54, 1.807) is 29.2 Å². The molecule has 4 aromatic carbocycles. The van der Waals surface area contributed by atoms with Gasteiger partial charge in [0.2, 0.25) is 0 Å². The predicted molar refractivity (Wildman–Crippen MR) is 156 cm³/mol. The average Bonchev–Trinajstić information content (AvgIpc) is 2.96. The molecule has 0 heterocycles. The third kappa shape index (κ3) is 6.60. The topological polar surface area (TPSA) is 79.0 Å². The lowest BCUT2D eigenvalue weighted by Crippen LogP contribution is -2.33. The summed E-state index contributed by atoms with van der Waals surface area (Å²) in [4.78, 5) is 17.5. The summed E-state index contributed by atoms with van der Waals surface area (Å²) in [5, 5.41) is 0. The van der Waals surface area contributed by atoms with Gasteiger partial charge in [-0.3, -0.25) is 9.52 Å². The van der Waals surface area contributed by atoms with Crippen LogP contribution in [0.3, 0.4) is 0 Å². The van der Waals surface area contributed by atoms with Crippen molar-refractivity contribution in [1.82, 2.24) is 4.90 Å². The van der Waals surface area contributed by atoms with Crippen molar-refractivity contribution in [3.8, 4) is 5.75 Å². The molecule has 0 aromatic heterocycles. The summed E-state index contributed by atoms with van der Waals surface area (Å²) in [6.07, 6.45) is 0. The van der Waals surface area contributed by atoms with Crippen LogP contribution in [0.25, 0.3) is 0 Å². The molecule has 0 aliphatic heterocycles. The molecule has 0 saturated heterocycles. The number of halogens is 1. The van der Waals surface area contributed by atoms with E-state index in [-0.39, 0.29) is 23.4 Å². The molecule has 4 aromatic rings. The molecule has 1 atom stereocenters. The molecule has 0 spiro atoms. The Morgan fingerprint density at radius 1 is 0.925 bits per heavy atom. The van der Waals surface area contributed by atoms with Gasteiger partial charge in [-0.25, -0.2) is 12.8 Å². The van der Waals surface area contributed by atoms with E-state index in [0.717, 1.165) is 16.8 Å². The number of benzene rings is 4. The number of nitrogens with zero attached hydrogens (tertiary/aromatic N) is 2. The van der Waals surface area contributed by atoms with Crippen LogP contribution in [0.1, 0.15) is 34.5 Å². The molecule has 7 nitrogen and oxygen atoms in total. The van der Waals surface area contributed by atoms with Crippen LogP contribution in [0.4, 0.5) is 15.8 Å². The number of nitrogens with one attached hydrogen (secondary N) is 1. The Bertz CT molecular complexity index is 1560. The highest BCUT2D eigenvalue weighted by molar-refractivity contribution is 7.92. The second-order valence-corrected chi connectivity index (χ2v) is 11.2. The van der Waals surface area contributed by atoms with Crippen LogP contribution in [-0.4, -0.2) is 40.4 Å². The van der Waals surface area contributed by atoms with Crippen LogP contribution in [0.5, 0.6) is 5.75 Å². The average molecular weight is 562 g/mol. The van der Waals surface area contributed by atoms with E-state index in [2.05, 4.69) is 4.72 Å². The van der Waals surface area contributed by atoms with Gasteiger partial charge in [-0.05, 0) is 84.8 Å². The van der Waals surface area contributed by atoms with Crippen LogP contribution in [-0.2, 0) is 16.6 Å². The normalized spacial score (nSPS) is 11.9. The maximum atomic E-state index is 13.8. The Labute approximate surface area is 234 Å². The van der Waals surface area contributed by atoms with E-state index in [1.165, 1.54) is 43.5 Å². The lowest BCUT2D eigenvalue weighted by molar-refractivity contribution is 0.0674. The van der Waals surface area contributed by atoms with Crippen molar-refractivity contribution in [2.24, 2.45) is 0 Å². The standard InChI is InChI=1S/C31H32FN3O4S/c1-22(23-8-6-5-7-9-23)35(31(36)24-10-12-26(32)13-11-24)21-25-20-27(14-19-30(25)34(2)3)33-40(37,38)29-17-15-28(39-4)16-18-29/h5-20,22,33H,21H2,1-4H3/t22-/m1/s1. The number of rotatable bonds is 10. The first-order valence-corrected chi connectivity index (χ1v) is 14.2. The fraction of sp³-hybridized carbons (Fsp3) is 0.194.